The maximum Gasteiger partial charge on any atom is 0.183 e. The molecule has 2 atom stereocenters. The van der Waals surface area contributed by atoms with Crippen LogP contribution in [0.25, 0.3) is 10.9 Å². The Kier molecular flexibility index (Phi) is 5.98. The molecular weight excluding hydrogens is 444 g/mol. The molecule has 0 saturated carbocycles. The zero-order valence-corrected chi connectivity index (χ0v) is 20.3. The molecule has 2 aromatic carbocycles. The Bertz CT molecular complexity index is 1320. The minimum absolute atomic E-state index is 0.0918. The molecule has 6 nitrogen and oxygen atoms in total. The van der Waals surface area contributed by atoms with Gasteiger partial charge in [0.05, 0.1) is 21.7 Å². The van der Waals surface area contributed by atoms with Crippen molar-refractivity contribution in [1.29, 1.82) is 0 Å². The van der Waals surface area contributed by atoms with Gasteiger partial charge in [0.25, 0.3) is 0 Å². The highest BCUT2D eigenvalue weighted by Crippen LogP contribution is 2.29. The molecule has 0 spiro atoms. The molecule has 1 fully saturated rings. The van der Waals surface area contributed by atoms with Crippen LogP contribution in [-0.2, 0) is 31.5 Å². The second-order valence-corrected chi connectivity index (χ2v) is 13.9. The Labute approximate surface area is 190 Å². The molecular formula is C24H30N2O4S2. The summed E-state index contributed by atoms with van der Waals surface area (Å²) in [6.07, 6.45) is 2.62. The average Bonchev–Trinajstić information content (AvgIpc) is 3.28. The minimum Gasteiger partial charge on any atom is -0.361 e. The highest BCUT2D eigenvalue weighted by molar-refractivity contribution is 7.96. The fourth-order valence-corrected chi connectivity index (χ4v) is 9.08. The summed E-state index contributed by atoms with van der Waals surface area (Å²) >= 11 is 0. The van der Waals surface area contributed by atoms with E-state index in [0.29, 0.717) is 13.0 Å². The Balaban J connectivity index is 1.51. The third-order valence-electron chi connectivity index (χ3n) is 6.22. The largest absolute Gasteiger partial charge is 0.361 e. The summed E-state index contributed by atoms with van der Waals surface area (Å²) in [5, 5.41) is 3.36. The van der Waals surface area contributed by atoms with E-state index in [0.717, 1.165) is 22.0 Å². The van der Waals surface area contributed by atoms with Crippen molar-refractivity contribution in [2.24, 2.45) is 0 Å². The number of nitrogens with one attached hydrogen (secondary N) is 2. The third-order valence-corrected chi connectivity index (χ3v) is 10.4. The lowest BCUT2D eigenvalue weighted by Gasteiger charge is -2.22. The van der Waals surface area contributed by atoms with E-state index >= 15 is 0 Å². The lowest BCUT2D eigenvalue weighted by molar-refractivity contribution is 0.528. The first kappa shape index (κ1) is 23.0. The fourth-order valence-electron chi connectivity index (χ4n) is 4.36. The molecule has 32 heavy (non-hydrogen) atoms. The van der Waals surface area contributed by atoms with E-state index in [1.54, 1.807) is 12.1 Å². The van der Waals surface area contributed by atoms with Gasteiger partial charge in [-0.15, -0.1) is 0 Å². The number of benzene rings is 2. The Morgan fingerprint density at radius 1 is 1.03 bits per heavy atom. The van der Waals surface area contributed by atoms with Gasteiger partial charge in [0.1, 0.15) is 0 Å². The average molecular weight is 475 g/mol. The number of fused-ring (bicyclic) bond motifs is 1. The van der Waals surface area contributed by atoms with Crippen LogP contribution in [0.3, 0.4) is 0 Å². The Morgan fingerprint density at radius 2 is 1.72 bits per heavy atom. The Morgan fingerprint density at radius 3 is 2.41 bits per heavy atom. The van der Waals surface area contributed by atoms with Gasteiger partial charge in [-0.2, -0.15) is 0 Å². The number of hydrogen-bond acceptors (Lipinski definition) is 5. The first-order chi connectivity index (χ1) is 15.0. The SMILES string of the molecule is CC(C)(C)c1ccc(S(=O)(=O)C2CS(=O)(=O)CC2NCCc2c[nH]c3ccccc23)cc1. The van der Waals surface area contributed by atoms with Gasteiger partial charge in [-0.25, -0.2) is 16.8 Å². The first-order valence-electron chi connectivity index (χ1n) is 10.8. The monoisotopic (exact) mass is 474 g/mol. The van der Waals surface area contributed by atoms with Crippen molar-refractivity contribution in [2.45, 2.75) is 48.8 Å². The molecule has 1 aromatic heterocycles. The number of aromatic nitrogens is 1. The van der Waals surface area contributed by atoms with Gasteiger partial charge in [0.2, 0.25) is 0 Å². The van der Waals surface area contributed by atoms with Gasteiger partial charge >= 0.3 is 0 Å². The second-order valence-electron chi connectivity index (χ2n) is 9.60. The van der Waals surface area contributed by atoms with Gasteiger partial charge < -0.3 is 10.3 Å². The summed E-state index contributed by atoms with van der Waals surface area (Å²) in [4.78, 5) is 3.41. The van der Waals surface area contributed by atoms with E-state index in [2.05, 4.69) is 31.1 Å². The van der Waals surface area contributed by atoms with Crippen molar-refractivity contribution < 1.29 is 16.8 Å². The number of aromatic amines is 1. The quantitative estimate of drug-likeness (QED) is 0.572. The molecule has 172 valence electrons. The molecule has 1 aliphatic heterocycles. The second kappa shape index (κ2) is 8.32. The molecule has 3 aromatic rings. The topological polar surface area (TPSA) is 96.1 Å². The zero-order chi connectivity index (χ0) is 23.1. The smallest absolute Gasteiger partial charge is 0.183 e. The van der Waals surface area contributed by atoms with E-state index in [-0.39, 0.29) is 21.8 Å². The lowest BCUT2D eigenvalue weighted by Crippen LogP contribution is -2.44. The van der Waals surface area contributed by atoms with Gasteiger partial charge in [-0.05, 0) is 47.7 Å². The summed E-state index contributed by atoms with van der Waals surface area (Å²) in [5.41, 5.74) is 3.10. The number of sulfone groups is 2. The van der Waals surface area contributed by atoms with Crippen LogP contribution < -0.4 is 5.32 Å². The van der Waals surface area contributed by atoms with Crippen LogP contribution in [-0.4, -0.2) is 51.2 Å². The van der Waals surface area contributed by atoms with Crippen LogP contribution in [0.1, 0.15) is 31.9 Å². The summed E-state index contributed by atoms with van der Waals surface area (Å²) in [5.74, 6) is -0.508. The number of H-pyrrole nitrogens is 1. The van der Waals surface area contributed by atoms with Crippen molar-refractivity contribution in [1.82, 2.24) is 10.3 Å². The molecule has 8 heteroatoms. The van der Waals surface area contributed by atoms with Crippen molar-refractivity contribution >= 4 is 30.6 Å². The van der Waals surface area contributed by atoms with Gasteiger partial charge in [-0.1, -0.05) is 51.1 Å². The first-order valence-corrected chi connectivity index (χ1v) is 14.2. The third kappa shape index (κ3) is 4.63. The van der Waals surface area contributed by atoms with Gasteiger partial charge in [-0.3, -0.25) is 0 Å². The van der Waals surface area contributed by atoms with Crippen LogP contribution in [0.5, 0.6) is 0 Å². The van der Waals surface area contributed by atoms with E-state index in [1.807, 2.05) is 42.6 Å². The molecule has 2 N–H and O–H groups in total. The molecule has 1 aliphatic rings. The maximum absolute atomic E-state index is 13.4. The predicted molar refractivity (Wildman–Crippen MR) is 129 cm³/mol. The molecule has 4 rings (SSSR count). The van der Waals surface area contributed by atoms with Gasteiger partial charge in [0.15, 0.2) is 19.7 Å². The highest BCUT2D eigenvalue weighted by atomic mass is 32.2. The van der Waals surface area contributed by atoms with E-state index < -0.39 is 31.0 Å². The summed E-state index contributed by atoms with van der Waals surface area (Å²) in [6, 6.07) is 14.2. The molecule has 1 saturated heterocycles. The highest BCUT2D eigenvalue weighted by Gasteiger charge is 2.45. The van der Waals surface area contributed by atoms with Crippen LogP contribution >= 0.6 is 0 Å². The van der Waals surface area contributed by atoms with E-state index in [4.69, 9.17) is 0 Å². The standard InChI is InChI=1S/C24H30N2O4S2/c1-24(2,3)18-8-10-19(11-9-18)32(29,30)23-16-31(27,28)15-22(23)25-13-12-17-14-26-21-7-5-4-6-20(17)21/h4-11,14,22-23,25-26H,12-13,15-16H2,1-3H3. The van der Waals surface area contributed by atoms with Gasteiger partial charge in [0, 0.05) is 23.1 Å². The number of para-hydroxylation sites is 1. The molecule has 0 amide bonds. The van der Waals surface area contributed by atoms with Crippen LogP contribution in [0.15, 0.2) is 59.6 Å². The van der Waals surface area contributed by atoms with Crippen LogP contribution in [0.4, 0.5) is 0 Å². The maximum atomic E-state index is 13.4. The summed E-state index contributed by atoms with van der Waals surface area (Å²) < 4.78 is 51.4. The zero-order valence-electron chi connectivity index (χ0n) is 18.6. The minimum atomic E-state index is -3.79. The van der Waals surface area contributed by atoms with Crippen molar-refractivity contribution in [3.8, 4) is 0 Å². The van der Waals surface area contributed by atoms with Crippen molar-refractivity contribution in [2.75, 3.05) is 18.1 Å². The van der Waals surface area contributed by atoms with Crippen molar-refractivity contribution in [3.63, 3.8) is 0 Å². The predicted octanol–water partition coefficient (Wildman–Crippen LogP) is 3.24. The lowest BCUT2D eigenvalue weighted by atomic mass is 9.87. The molecule has 0 bridgehead atoms. The van der Waals surface area contributed by atoms with E-state index in [1.165, 1.54) is 0 Å². The molecule has 2 unspecified atom stereocenters. The fraction of sp³-hybridized carbons (Fsp3) is 0.417. The normalized spacial score (nSPS) is 21.2. The van der Waals surface area contributed by atoms with Crippen LogP contribution in [0.2, 0.25) is 0 Å². The Hall–Kier alpha value is -2.16. The van der Waals surface area contributed by atoms with E-state index in [9.17, 15) is 16.8 Å². The molecule has 0 radical (unpaired) electrons. The number of hydrogen-bond donors (Lipinski definition) is 2. The van der Waals surface area contributed by atoms with Crippen molar-refractivity contribution in [3.05, 3.63) is 65.9 Å². The summed E-state index contributed by atoms with van der Waals surface area (Å²) in [6.45, 7) is 6.69. The van der Waals surface area contributed by atoms with Crippen LogP contribution in [0, 0.1) is 0 Å². The molecule has 2 heterocycles. The summed E-state index contributed by atoms with van der Waals surface area (Å²) in [7, 11) is -7.22. The number of rotatable bonds is 6. The molecule has 0 aliphatic carbocycles.